The Kier molecular flexibility index (Phi) is 2.95. The molecule has 0 atom stereocenters. The van der Waals surface area contributed by atoms with E-state index in [-0.39, 0.29) is 5.56 Å². The lowest BCUT2D eigenvalue weighted by molar-refractivity contribution is 0.798. The van der Waals surface area contributed by atoms with E-state index in [4.69, 9.17) is 5.73 Å². The molecule has 0 fully saturated rings. The van der Waals surface area contributed by atoms with Crippen LogP contribution >= 0.6 is 0 Å². The van der Waals surface area contributed by atoms with Gasteiger partial charge in [0.15, 0.2) is 0 Å². The van der Waals surface area contributed by atoms with E-state index < -0.39 is 0 Å². The summed E-state index contributed by atoms with van der Waals surface area (Å²) in [6.07, 6.45) is 3.20. The molecule has 3 nitrogen and oxygen atoms in total. The second-order valence-electron chi connectivity index (χ2n) is 4.07. The van der Waals surface area contributed by atoms with Gasteiger partial charge in [-0.25, -0.2) is 0 Å². The molecule has 0 aliphatic heterocycles. The highest BCUT2D eigenvalue weighted by atomic mass is 16.1. The fourth-order valence-electron chi connectivity index (χ4n) is 1.93. The molecule has 0 amide bonds. The lowest BCUT2D eigenvalue weighted by atomic mass is 10.0. The summed E-state index contributed by atoms with van der Waals surface area (Å²) in [6.45, 7) is 2.15. The molecule has 0 saturated heterocycles. The molecule has 1 aromatic heterocycles. The molecular formula is C13H16N2O. The number of pyridine rings is 1. The van der Waals surface area contributed by atoms with Gasteiger partial charge < -0.3 is 10.7 Å². The number of benzene rings is 1. The first kappa shape index (κ1) is 10.7. The van der Waals surface area contributed by atoms with E-state index >= 15 is 0 Å². The predicted molar refractivity (Wildman–Crippen MR) is 67.6 cm³/mol. The molecule has 0 spiro atoms. The van der Waals surface area contributed by atoms with Gasteiger partial charge >= 0.3 is 0 Å². The maximum atomic E-state index is 11.3. The largest absolute Gasteiger partial charge is 0.399 e. The summed E-state index contributed by atoms with van der Waals surface area (Å²) < 4.78 is 0. The zero-order valence-corrected chi connectivity index (χ0v) is 9.42. The van der Waals surface area contributed by atoms with Crippen molar-refractivity contribution in [1.29, 1.82) is 0 Å². The Bertz CT molecular complexity index is 557. The van der Waals surface area contributed by atoms with Crippen LogP contribution in [-0.2, 0) is 6.42 Å². The van der Waals surface area contributed by atoms with Crippen LogP contribution in [0.15, 0.2) is 29.1 Å². The zero-order valence-electron chi connectivity index (χ0n) is 9.42. The molecule has 1 aromatic carbocycles. The molecule has 3 heteroatoms. The van der Waals surface area contributed by atoms with E-state index in [0.717, 1.165) is 41.4 Å². The Labute approximate surface area is 94.3 Å². The third-order valence-electron chi connectivity index (χ3n) is 2.73. The average Bonchev–Trinajstić information content (AvgIpc) is 2.26. The molecule has 2 aromatic rings. The van der Waals surface area contributed by atoms with Gasteiger partial charge in [-0.3, -0.25) is 4.79 Å². The second-order valence-corrected chi connectivity index (χ2v) is 4.07. The predicted octanol–water partition coefficient (Wildman–Crippen LogP) is 2.45. The fourth-order valence-corrected chi connectivity index (χ4v) is 1.93. The number of hydrogen-bond acceptors (Lipinski definition) is 2. The lowest BCUT2D eigenvalue weighted by Gasteiger charge is -2.07. The van der Waals surface area contributed by atoms with Gasteiger partial charge in [0.1, 0.15) is 0 Å². The van der Waals surface area contributed by atoms with Crippen molar-refractivity contribution in [3.05, 3.63) is 40.2 Å². The molecule has 3 N–H and O–H groups in total. The topological polar surface area (TPSA) is 58.9 Å². The van der Waals surface area contributed by atoms with Gasteiger partial charge in [-0.1, -0.05) is 13.3 Å². The third kappa shape index (κ3) is 2.08. The zero-order chi connectivity index (χ0) is 11.5. The average molecular weight is 216 g/mol. The van der Waals surface area contributed by atoms with Crippen molar-refractivity contribution in [3.63, 3.8) is 0 Å². The quantitative estimate of drug-likeness (QED) is 0.774. The van der Waals surface area contributed by atoms with Crippen LogP contribution in [0.25, 0.3) is 10.9 Å². The number of hydrogen-bond donors (Lipinski definition) is 2. The van der Waals surface area contributed by atoms with Gasteiger partial charge in [0, 0.05) is 17.1 Å². The monoisotopic (exact) mass is 216 g/mol. The highest BCUT2D eigenvalue weighted by Crippen LogP contribution is 2.21. The molecule has 0 bridgehead atoms. The first-order valence-corrected chi connectivity index (χ1v) is 5.62. The maximum Gasteiger partial charge on any atom is 0.248 e. The highest BCUT2D eigenvalue weighted by molar-refractivity contribution is 5.85. The minimum Gasteiger partial charge on any atom is -0.399 e. The summed E-state index contributed by atoms with van der Waals surface area (Å²) in [5.74, 6) is 0. The summed E-state index contributed by atoms with van der Waals surface area (Å²) in [5, 5.41) is 1.01. The normalized spacial score (nSPS) is 10.8. The first-order valence-electron chi connectivity index (χ1n) is 5.62. The molecule has 84 valence electrons. The standard InChI is InChI=1S/C13H16N2O/c1-2-3-4-9-7-11(14)8-10-5-6-12(16)15-13(9)10/h5-8H,2-4,14H2,1H3,(H,15,16). The summed E-state index contributed by atoms with van der Waals surface area (Å²) in [6, 6.07) is 7.19. The van der Waals surface area contributed by atoms with Gasteiger partial charge in [-0.15, -0.1) is 0 Å². The number of aromatic amines is 1. The van der Waals surface area contributed by atoms with Gasteiger partial charge in [0.2, 0.25) is 5.56 Å². The number of rotatable bonds is 3. The Hall–Kier alpha value is -1.77. The number of H-pyrrole nitrogens is 1. The smallest absolute Gasteiger partial charge is 0.248 e. The molecule has 0 aliphatic carbocycles. The summed E-state index contributed by atoms with van der Waals surface area (Å²) in [7, 11) is 0. The Morgan fingerprint density at radius 3 is 2.88 bits per heavy atom. The van der Waals surface area contributed by atoms with Crippen molar-refractivity contribution in [1.82, 2.24) is 4.98 Å². The number of unbranched alkanes of at least 4 members (excludes halogenated alkanes) is 1. The summed E-state index contributed by atoms with van der Waals surface area (Å²) in [5.41, 5.74) is 8.60. The SMILES string of the molecule is CCCCc1cc(N)cc2ccc(=O)[nH]c12. The van der Waals surface area contributed by atoms with Crippen molar-refractivity contribution in [2.75, 3.05) is 5.73 Å². The number of aromatic nitrogens is 1. The maximum absolute atomic E-state index is 11.3. The number of anilines is 1. The Morgan fingerprint density at radius 2 is 2.12 bits per heavy atom. The molecule has 0 aliphatic rings. The minimum absolute atomic E-state index is 0.0602. The van der Waals surface area contributed by atoms with Crippen molar-refractivity contribution in [3.8, 4) is 0 Å². The molecule has 0 saturated carbocycles. The molecule has 16 heavy (non-hydrogen) atoms. The van der Waals surface area contributed by atoms with Crippen molar-refractivity contribution < 1.29 is 0 Å². The van der Waals surface area contributed by atoms with Gasteiger partial charge in [-0.05, 0) is 36.6 Å². The van der Waals surface area contributed by atoms with Crippen molar-refractivity contribution in [2.24, 2.45) is 0 Å². The lowest BCUT2D eigenvalue weighted by Crippen LogP contribution is -2.05. The number of nitrogen functional groups attached to an aromatic ring is 1. The van der Waals surface area contributed by atoms with E-state index in [1.165, 1.54) is 6.07 Å². The van der Waals surface area contributed by atoms with Crippen LogP contribution in [0.3, 0.4) is 0 Å². The third-order valence-corrected chi connectivity index (χ3v) is 2.73. The molecule has 1 heterocycles. The molecule has 0 radical (unpaired) electrons. The minimum atomic E-state index is -0.0602. The van der Waals surface area contributed by atoms with E-state index in [9.17, 15) is 4.79 Å². The van der Waals surface area contributed by atoms with E-state index in [1.54, 1.807) is 0 Å². The van der Waals surface area contributed by atoms with Crippen molar-refractivity contribution in [2.45, 2.75) is 26.2 Å². The van der Waals surface area contributed by atoms with Crippen LogP contribution < -0.4 is 11.3 Å². The Morgan fingerprint density at radius 1 is 1.31 bits per heavy atom. The van der Waals surface area contributed by atoms with Gasteiger partial charge in [0.05, 0.1) is 5.52 Å². The number of aryl methyl sites for hydroxylation is 1. The van der Waals surface area contributed by atoms with Crippen LogP contribution in [0, 0.1) is 0 Å². The summed E-state index contributed by atoms with van der Waals surface area (Å²) in [4.78, 5) is 14.2. The van der Waals surface area contributed by atoms with Crippen LogP contribution in [-0.4, -0.2) is 4.98 Å². The molecule has 0 unspecified atom stereocenters. The number of nitrogens with two attached hydrogens (primary N) is 1. The molecular weight excluding hydrogens is 200 g/mol. The van der Waals surface area contributed by atoms with Crippen LogP contribution in [0.1, 0.15) is 25.3 Å². The second kappa shape index (κ2) is 4.39. The number of fused-ring (bicyclic) bond motifs is 1. The number of nitrogens with one attached hydrogen (secondary N) is 1. The van der Waals surface area contributed by atoms with Gasteiger partial charge in [0.25, 0.3) is 0 Å². The molecule has 2 rings (SSSR count). The van der Waals surface area contributed by atoms with Crippen LogP contribution in [0.4, 0.5) is 5.69 Å². The first-order chi connectivity index (χ1) is 7.70. The van der Waals surface area contributed by atoms with E-state index in [0.29, 0.717) is 0 Å². The highest BCUT2D eigenvalue weighted by Gasteiger charge is 2.03. The van der Waals surface area contributed by atoms with Crippen LogP contribution in [0.5, 0.6) is 0 Å². The van der Waals surface area contributed by atoms with Crippen LogP contribution in [0.2, 0.25) is 0 Å². The van der Waals surface area contributed by atoms with E-state index in [2.05, 4.69) is 11.9 Å². The summed E-state index contributed by atoms with van der Waals surface area (Å²) >= 11 is 0. The van der Waals surface area contributed by atoms with E-state index in [1.807, 2.05) is 18.2 Å². The van der Waals surface area contributed by atoms with Gasteiger partial charge in [-0.2, -0.15) is 0 Å². The van der Waals surface area contributed by atoms with Crippen molar-refractivity contribution >= 4 is 16.6 Å². The fraction of sp³-hybridized carbons (Fsp3) is 0.308. The Balaban J connectivity index is 2.60.